The van der Waals surface area contributed by atoms with Gasteiger partial charge in [-0.25, -0.2) is 0 Å². The van der Waals surface area contributed by atoms with Crippen molar-refractivity contribution in [1.29, 1.82) is 0 Å². The highest BCUT2D eigenvalue weighted by molar-refractivity contribution is 5.95. The highest BCUT2D eigenvalue weighted by Gasteiger charge is 2.42. The first-order chi connectivity index (χ1) is 10.9. The number of benzene rings is 1. The molecule has 2 aliphatic rings. The molecule has 1 heterocycles. The molecule has 23 heavy (non-hydrogen) atoms. The third kappa shape index (κ3) is 3.04. The summed E-state index contributed by atoms with van der Waals surface area (Å²) in [5, 5.41) is 0. The Kier molecular flexibility index (Phi) is 4.27. The van der Waals surface area contributed by atoms with Gasteiger partial charge in [-0.3, -0.25) is 4.79 Å². The van der Waals surface area contributed by atoms with E-state index in [9.17, 15) is 13.6 Å². The number of carbonyl (C=O) groups excluding carboxylic acids is 1. The smallest absolute Gasteiger partial charge is 0.387 e. The monoisotopic (exact) mass is 324 g/mol. The largest absolute Gasteiger partial charge is 0.434 e. The normalized spacial score (nSPS) is 26.7. The first-order valence-electron chi connectivity index (χ1n) is 7.97. The zero-order valence-corrected chi connectivity index (χ0v) is 13.4. The summed E-state index contributed by atoms with van der Waals surface area (Å²) in [4.78, 5) is 14.6. The molecule has 0 spiro atoms. The molecule has 2 N–H and O–H groups in total. The summed E-state index contributed by atoms with van der Waals surface area (Å²) in [5.41, 5.74) is 7.73. The first kappa shape index (κ1) is 16.2. The molecular weight excluding hydrogens is 302 g/mol. The van der Waals surface area contributed by atoms with E-state index in [1.165, 1.54) is 0 Å². The number of alkyl halides is 2. The number of likely N-dealkylation sites (tertiary alicyclic amines) is 1. The summed E-state index contributed by atoms with van der Waals surface area (Å²) in [6.07, 6.45) is 2.12. The fraction of sp³-hybridized carbons (Fsp3) is 0.588. The average Bonchev–Trinajstić information content (AvgIpc) is 3.04. The number of hydrogen-bond acceptors (Lipinski definition) is 3. The van der Waals surface area contributed by atoms with E-state index >= 15 is 0 Å². The van der Waals surface area contributed by atoms with Crippen molar-refractivity contribution in [2.75, 3.05) is 13.1 Å². The van der Waals surface area contributed by atoms with E-state index in [0.717, 1.165) is 19.4 Å². The van der Waals surface area contributed by atoms with Gasteiger partial charge in [-0.1, -0.05) is 0 Å². The van der Waals surface area contributed by atoms with E-state index in [-0.39, 0.29) is 17.7 Å². The minimum atomic E-state index is -2.87. The van der Waals surface area contributed by atoms with Gasteiger partial charge in [0.2, 0.25) is 0 Å². The van der Waals surface area contributed by atoms with Gasteiger partial charge in [0.1, 0.15) is 5.75 Å². The Hall–Kier alpha value is -1.69. The summed E-state index contributed by atoms with van der Waals surface area (Å²) in [6, 6.07) is 3.44. The summed E-state index contributed by atoms with van der Waals surface area (Å²) in [5.74, 6) is 0.985. The van der Waals surface area contributed by atoms with Gasteiger partial charge in [0.05, 0.1) is 0 Å². The standard InChI is InChI=1S/C17H22F2N2O2/c1-9-5-12(6-10(2)15(9)23-17(18)19)16(22)21-7-11-3-4-14(20)13(11)8-21/h5-6,11,13-14,17H,3-4,7-8,20H2,1-2H3. The van der Waals surface area contributed by atoms with E-state index in [0.29, 0.717) is 35.1 Å². The molecular formula is C17H22F2N2O2. The van der Waals surface area contributed by atoms with Gasteiger partial charge in [-0.15, -0.1) is 0 Å². The number of nitrogens with two attached hydrogens (primary N) is 1. The van der Waals surface area contributed by atoms with Crippen molar-refractivity contribution in [2.24, 2.45) is 17.6 Å². The lowest BCUT2D eigenvalue weighted by Gasteiger charge is -2.20. The Labute approximate surface area is 134 Å². The maximum absolute atomic E-state index is 12.7. The van der Waals surface area contributed by atoms with Gasteiger partial charge in [0, 0.05) is 24.7 Å². The van der Waals surface area contributed by atoms with Crippen LogP contribution in [0.15, 0.2) is 12.1 Å². The highest BCUT2D eigenvalue weighted by atomic mass is 19.3. The van der Waals surface area contributed by atoms with Gasteiger partial charge < -0.3 is 15.4 Å². The first-order valence-corrected chi connectivity index (χ1v) is 7.97. The molecule has 1 aliphatic carbocycles. The molecule has 1 amide bonds. The molecule has 3 unspecified atom stereocenters. The average molecular weight is 324 g/mol. The molecule has 6 heteroatoms. The molecule has 1 saturated carbocycles. The van der Waals surface area contributed by atoms with Crippen LogP contribution in [-0.2, 0) is 0 Å². The lowest BCUT2D eigenvalue weighted by Crippen LogP contribution is -2.33. The zero-order chi connectivity index (χ0) is 16.7. The SMILES string of the molecule is Cc1cc(C(=O)N2CC3CCC(N)C3C2)cc(C)c1OC(F)F. The fourth-order valence-corrected chi connectivity index (χ4v) is 4.00. The zero-order valence-electron chi connectivity index (χ0n) is 13.4. The molecule has 0 bridgehead atoms. The number of amides is 1. The van der Waals surface area contributed by atoms with Crippen molar-refractivity contribution in [2.45, 2.75) is 39.3 Å². The quantitative estimate of drug-likeness (QED) is 0.930. The predicted molar refractivity (Wildman–Crippen MR) is 82.6 cm³/mol. The molecule has 3 atom stereocenters. The number of nitrogens with zero attached hydrogens (tertiary/aromatic N) is 1. The molecule has 1 aromatic carbocycles. The molecule has 1 aliphatic heterocycles. The van der Waals surface area contributed by atoms with Gasteiger partial charge in [-0.05, 0) is 61.8 Å². The second kappa shape index (κ2) is 6.07. The van der Waals surface area contributed by atoms with Crippen LogP contribution >= 0.6 is 0 Å². The second-order valence-electron chi connectivity index (χ2n) is 6.69. The Morgan fingerprint density at radius 2 is 1.91 bits per heavy atom. The third-order valence-electron chi connectivity index (χ3n) is 5.11. The molecule has 1 saturated heterocycles. The lowest BCUT2D eigenvalue weighted by molar-refractivity contribution is -0.0507. The minimum absolute atomic E-state index is 0.0543. The van der Waals surface area contributed by atoms with E-state index in [4.69, 9.17) is 5.73 Å². The molecule has 2 fully saturated rings. The number of fused-ring (bicyclic) bond motifs is 1. The molecule has 126 valence electrons. The van der Waals surface area contributed by atoms with Crippen LogP contribution < -0.4 is 10.5 Å². The van der Waals surface area contributed by atoms with Crippen molar-refractivity contribution < 1.29 is 18.3 Å². The number of aryl methyl sites for hydroxylation is 2. The Bertz CT molecular complexity index is 598. The predicted octanol–water partition coefficient (Wildman–Crippen LogP) is 2.71. The van der Waals surface area contributed by atoms with Gasteiger partial charge in [0.15, 0.2) is 0 Å². The third-order valence-corrected chi connectivity index (χ3v) is 5.11. The maximum atomic E-state index is 12.7. The minimum Gasteiger partial charge on any atom is -0.434 e. The molecule has 1 aromatic rings. The molecule has 0 radical (unpaired) electrons. The van der Waals surface area contributed by atoms with Gasteiger partial charge >= 0.3 is 6.61 Å². The van der Waals surface area contributed by atoms with Crippen LogP contribution in [0.2, 0.25) is 0 Å². The number of hydrogen-bond donors (Lipinski definition) is 1. The van der Waals surface area contributed by atoms with Crippen LogP contribution in [0.25, 0.3) is 0 Å². The van der Waals surface area contributed by atoms with Crippen LogP contribution in [0.3, 0.4) is 0 Å². The van der Waals surface area contributed by atoms with Crippen LogP contribution in [0, 0.1) is 25.7 Å². The van der Waals surface area contributed by atoms with Crippen molar-refractivity contribution >= 4 is 5.91 Å². The van der Waals surface area contributed by atoms with E-state index in [1.807, 2.05) is 4.90 Å². The maximum Gasteiger partial charge on any atom is 0.387 e. The van der Waals surface area contributed by atoms with Gasteiger partial charge in [0.25, 0.3) is 5.91 Å². The van der Waals surface area contributed by atoms with E-state index in [1.54, 1.807) is 26.0 Å². The molecule has 0 aromatic heterocycles. The number of halogens is 2. The van der Waals surface area contributed by atoms with Crippen LogP contribution in [-0.4, -0.2) is 36.5 Å². The summed E-state index contributed by atoms with van der Waals surface area (Å²) in [7, 11) is 0. The van der Waals surface area contributed by atoms with Crippen molar-refractivity contribution in [3.63, 3.8) is 0 Å². The Morgan fingerprint density at radius 3 is 2.48 bits per heavy atom. The summed E-state index contributed by atoms with van der Waals surface area (Å²) >= 11 is 0. The lowest BCUT2D eigenvalue weighted by atomic mass is 9.98. The summed E-state index contributed by atoms with van der Waals surface area (Å²) in [6.45, 7) is 1.92. The summed E-state index contributed by atoms with van der Waals surface area (Å²) < 4.78 is 29.4. The Morgan fingerprint density at radius 1 is 1.26 bits per heavy atom. The fourth-order valence-electron chi connectivity index (χ4n) is 4.00. The van der Waals surface area contributed by atoms with Crippen molar-refractivity contribution in [3.05, 3.63) is 28.8 Å². The van der Waals surface area contributed by atoms with Crippen molar-refractivity contribution in [1.82, 2.24) is 4.90 Å². The number of carbonyl (C=O) groups is 1. The van der Waals surface area contributed by atoms with E-state index < -0.39 is 6.61 Å². The van der Waals surface area contributed by atoms with E-state index in [2.05, 4.69) is 4.74 Å². The van der Waals surface area contributed by atoms with Crippen LogP contribution in [0.1, 0.15) is 34.3 Å². The number of rotatable bonds is 3. The molecule has 3 rings (SSSR count). The van der Waals surface area contributed by atoms with Crippen molar-refractivity contribution in [3.8, 4) is 5.75 Å². The van der Waals surface area contributed by atoms with Gasteiger partial charge in [-0.2, -0.15) is 8.78 Å². The molecule has 4 nitrogen and oxygen atoms in total. The number of ether oxygens (including phenoxy) is 1. The Balaban J connectivity index is 1.78. The highest BCUT2D eigenvalue weighted by Crippen LogP contribution is 2.38. The topological polar surface area (TPSA) is 55.6 Å². The van der Waals surface area contributed by atoms with Crippen LogP contribution in [0.4, 0.5) is 8.78 Å². The second-order valence-corrected chi connectivity index (χ2v) is 6.69. The van der Waals surface area contributed by atoms with Crippen LogP contribution in [0.5, 0.6) is 5.75 Å².